The Bertz CT molecular complexity index is 1090. The fraction of sp³-hybridized carbons (Fsp3) is 0.652. The molecule has 0 radical (unpaired) electrons. The fourth-order valence-corrected chi connectivity index (χ4v) is 3.87. The number of hydrogen-bond donors (Lipinski definition) is 3. The average Bonchev–Trinajstić information content (AvgIpc) is 3.06. The monoisotopic (exact) mass is 559 g/mol. The summed E-state index contributed by atoms with van der Waals surface area (Å²) >= 11 is 7.21. The SMILES string of the molecule is CC[C@H]1NC(=O)[C@H]1NC(=O)/C(=N\OC(C)(C)C(=O)OC(C)(C)C)c1nc(NC(=O)OC(C)(C)C)sc1Cl. The summed E-state index contributed by atoms with van der Waals surface area (Å²) in [5, 5.41) is 11.7. The summed E-state index contributed by atoms with van der Waals surface area (Å²) in [5.74, 6) is -1.88. The predicted molar refractivity (Wildman–Crippen MR) is 139 cm³/mol. The lowest BCUT2D eigenvalue weighted by molar-refractivity contribution is -0.179. The van der Waals surface area contributed by atoms with Crippen LogP contribution in [0.15, 0.2) is 5.16 Å². The van der Waals surface area contributed by atoms with Gasteiger partial charge in [-0.3, -0.25) is 14.9 Å². The summed E-state index contributed by atoms with van der Waals surface area (Å²) in [5.41, 5.74) is -3.64. The summed E-state index contributed by atoms with van der Waals surface area (Å²) in [4.78, 5) is 59.6. The van der Waals surface area contributed by atoms with Gasteiger partial charge in [-0.2, -0.15) is 0 Å². The second kappa shape index (κ2) is 11.2. The van der Waals surface area contributed by atoms with Gasteiger partial charge in [0.1, 0.15) is 27.3 Å². The average molecular weight is 560 g/mol. The van der Waals surface area contributed by atoms with Crippen LogP contribution < -0.4 is 16.0 Å². The number of carbonyl (C=O) groups excluding carboxylic acids is 4. The lowest BCUT2D eigenvalue weighted by atomic mass is 9.96. The number of thiazole rings is 1. The normalized spacial score (nSPS) is 18.3. The van der Waals surface area contributed by atoms with E-state index in [2.05, 4.69) is 26.1 Å². The molecule has 0 aliphatic carbocycles. The number of ether oxygens (including phenoxy) is 2. The first-order valence-electron chi connectivity index (χ1n) is 11.6. The molecule has 0 bridgehead atoms. The maximum Gasteiger partial charge on any atom is 0.413 e. The van der Waals surface area contributed by atoms with E-state index in [1.165, 1.54) is 13.8 Å². The van der Waals surface area contributed by atoms with Crippen molar-refractivity contribution in [3.63, 3.8) is 0 Å². The standard InChI is InChI=1S/C23H34ClN5O7S/c1-10-11-12(16(30)25-11)26-17(31)14(29-36-23(8,9)18(32)34-21(2,3)4)13-15(24)37-19(27-13)28-20(33)35-22(5,6)7/h11-12H,10H2,1-9H3,(H,25,30)(H,26,31)(H,27,28,33)/b29-14-/t11-,12+/m1/s1. The van der Waals surface area contributed by atoms with E-state index in [-0.39, 0.29) is 27.1 Å². The second-order valence-electron chi connectivity index (χ2n) is 10.8. The molecule has 2 rings (SSSR count). The lowest BCUT2D eigenvalue weighted by Gasteiger charge is -2.36. The van der Waals surface area contributed by atoms with Gasteiger partial charge in [-0.05, 0) is 61.8 Å². The van der Waals surface area contributed by atoms with Crippen LogP contribution >= 0.6 is 22.9 Å². The van der Waals surface area contributed by atoms with Gasteiger partial charge in [0.2, 0.25) is 11.5 Å². The largest absolute Gasteiger partial charge is 0.457 e. The minimum absolute atomic E-state index is 0.00346. The summed E-state index contributed by atoms with van der Waals surface area (Å²) in [6.07, 6.45) is -0.182. The number of esters is 1. The van der Waals surface area contributed by atoms with Gasteiger partial charge < -0.3 is 24.9 Å². The van der Waals surface area contributed by atoms with Crippen LogP contribution in [0.1, 0.15) is 74.4 Å². The molecule has 1 aromatic heterocycles. The second-order valence-corrected chi connectivity index (χ2v) is 12.4. The van der Waals surface area contributed by atoms with Crippen molar-refractivity contribution in [2.75, 3.05) is 5.32 Å². The van der Waals surface area contributed by atoms with Crippen molar-refractivity contribution in [1.29, 1.82) is 0 Å². The molecule has 1 aliphatic rings. The Labute approximate surface area is 224 Å². The first-order valence-corrected chi connectivity index (χ1v) is 12.8. The Morgan fingerprint density at radius 1 is 1.08 bits per heavy atom. The lowest BCUT2D eigenvalue weighted by Crippen LogP contribution is -2.69. The van der Waals surface area contributed by atoms with Crippen molar-refractivity contribution < 1.29 is 33.5 Å². The molecule has 3 N–H and O–H groups in total. The van der Waals surface area contributed by atoms with Gasteiger partial charge in [0.15, 0.2) is 10.8 Å². The molecular formula is C23H34ClN5O7S. The molecule has 1 aliphatic heterocycles. The summed E-state index contributed by atoms with van der Waals surface area (Å²) in [6, 6.07) is -1.05. The third kappa shape index (κ3) is 8.56. The molecular weight excluding hydrogens is 526 g/mol. The highest BCUT2D eigenvalue weighted by molar-refractivity contribution is 7.20. The third-order valence-corrected chi connectivity index (χ3v) is 5.80. The Hall–Kier alpha value is -2.93. The number of carbonyl (C=O) groups is 4. The van der Waals surface area contributed by atoms with Crippen LogP contribution in [0.4, 0.5) is 9.93 Å². The number of nitrogens with zero attached hydrogens (tertiary/aromatic N) is 2. The molecule has 0 unspecified atom stereocenters. The Balaban J connectivity index is 2.37. The zero-order valence-electron chi connectivity index (χ0n) is 22.4. The molecule has 2 heterocycles. The molecule has 1 fully saturated rings. The molecule has 3 amide bonds. The predicted octanol–water partition coefficient (Wildman–Crippen LogP) is 3.38. The number of hydrogen-bond acceptors (Lipinski definition) is 10. The minimum Gasteiger partial charge on any atom is -0.457 e. The number of amides is 3. The van der Waals surface area contributed by atoms with Crippen molar-refractivity contribution in [3.05, 3.63) is 10.0 Å². The van der Waals surface area contributed by atoms with E-state index in [0.29, 0.717) is 6.42 Å². The van der Waals surface area contributed by atoms with E-state index in [0.717, 1.165) is 11.3 Å². The molecule has 14 heteroatoms. The Morgan fingerprint density at radius 3 is 2.19 bits per heavy atom. The van der Waals surface area contributed by atoms with Crippen molar-refractivity contribution >= 4 is 57.7 Å². The van der Waals surface area contributed by atoms with Gasteiger partial charge in [-0.15, -0.1) is 0 Å². The number of anilines is 1. The molecule has 206 valence electrons. The molecule has 2 atom stereocenters. The topological polar surface area (TPSA) is 157 Å². The fourth-order valence-electron chi connectivity index (χ4n) is 2.84. The van der Waals surface area contributed by atoms with Crippen LogP contribution in [0.5, 0.6) is 0 Å². The quantitative estimate of drug-likeness (QED) is 0.189. The first kappa shape index (κ1) is 30.3. The van der Waals surface area contributed by atoms with Crippen LogP contribution in [-0.2, 0) is 28.7 Å². The molecule has 0 spiro atoms. The Morgan fingerprint density at radius 2 is 1.68 bits per heavy atom. The van der Waals surface area contributed by atoms with Gasteiger partial charge in [0.05, 0.1) is 6.04 Å². The molecule has 37 heavy (non-hydrogen) atoms. The zero-order valence-corrected chi connectivity index (χ0v) is 24.0. The number of oxime groups is 1. The number of β-lactam (4-membered cyclic amide) rings is 1. The Kier molecular flexibility index (Phi) is 9.18. The van der Waals surface area contributed by atoms with Gasteiger partial charge in [0.25, 0.3) is 5.91 Å². The minimum atomic E-state index is -1.58. The maximum atomic E-state index is 13.2. The third-order valence-electron chi connectivity index (χ3n) is 4.63. The first-order chi connectivity index (χ1) is 16.8. The van der Waals surface area contributed by atoms with Crippen LogP contribution in [0, 0.1) is 0 Å². The summed E-state index contributed by atoms with van der Waals surface area (Å²) in [7, 11) is 0. The van der Waals surface area contributed by atoms with Crippen LogP contribution in [0.25, 0.3) is 0 Å². The van der Waals surface area contributed by atoms with Crippen molar-refractivity contribution in [3.8, 4) is 0 Å². The number of nitrogens with one attached hydrogen (secondary N) is 3. The molecule has 1 aromatic rings. The van der Waals surface area contributed by atoms with Gasteiger partial charge in [-0.1, -0.05) is 35.0 Å². The van der Waals surface area contributed by atoms with Crippen molar-refractivity contribution in [2.45, 2.75) is 97.6 Å². The van der Waals surface area contributed by atoms with Crippen molar-refractivity contribution in [2.24, 2.45) is 5.16 Å². The van der Waals surface area contributed by atoms with E-state index >= 15 is 0 Å². The molecule has 1 saturated heterocycles. The number of aromatic nitrogens is 1. The van der Waals surface area contributed by atoms with Gasteiger partial charge in [0, 0.05) is 0 Å². The molecule has 0 aromatic carbocycles. The van der Waals surface area contributed by atoms with Crippen molar-refractivity contribution in [1.82, 2.24) is 15.6 Å². The van der Waals surface area contributed by atoms with Crippen LogP contribution in [0.2, 0.25) is 4.34 Å². The zero-order chi connectivity index (χ0) is 28.3. The summed E-state index contributed by atoms with van der Waals surface area (Å²) in [6.45, 7) is 14.9. The van der Waals surface area contributed by atoms with E-state index in [4.69, 9.17) is 25.9 Å². The summed E-state index contributed by atoms with van der Waals surface area (Å²) < 4.78 is 10.6. The number of rotatable bonds is 8. The van der Waals surface area contributed by atoms with E-state index in [1.807, 2.05) is 6.92 Å². The highest BCUT2D eigenvalue weighted by Gasteiger charge is 2.41. The van der Waals surface area contributed by atoms with E-state index < -0.39 is 46.5 Å². The van der Waals surface area contributed by atoms with Gasteiger partial charge >= 0.3 is 12.1 Å². The van der Waals surface area contributed by atoms with E-state index in [9.17, 15) is 19.2 Å². The smallest absolute Gasteiger partial charge is 0.413 e. The van der Waals surface area contributed by atoms with Crippen LogP contribution in [0.3, 0.4) is 0 Å². The van der Waals surface area contributed by atoms with Crippen LogP contribution in [-0.4, -0.2) is 63.5 Å². The maximum absolute atomic E-state index is 13.2. The molecule has 0 saturated carbocycles. The highest BCUT2D eigenvalue weighted by Crippen LogP contribution is 2.30. The van der Waals surface area contributed by atoms with Gasteiger partial charge in [-0.25, -0.2) is 14.6 Å². The molecule has 12 nitrogen and oxygen atoms in total. The van der Waals surface area contributed by atoms with E-state index in [1.54, 1.807) is 41.5 Å². The number of halogens is 1. The highest BCUT2D eigenvalue weighted by atomic mass is 35.5.